The van der Waals surface area contributed by atoms with E-state index in [-0.39, 0.29) is 12.2 Å². The van der Waals surface area contributed by atoms with Gasteiger partial charge in [-0.3, -0.25) is 0 Å². The van der Waals surface area contributed by atoms with E-state index < -0.39 is 34.8 Å². The first-order valence-electron chi connectivity index (χ1n) is 8.91. The molecule has 2 aromatic carbocycles. The van der Waals surface area contributed by atoms with Gasteiger partial charge in [-0.1, -0.05) is 58.6 Å². The van der Waals surface area contributed by atoms with Crippen LogP contribution in [0.15, 0.2) is 48.5 Å². The number of carbonyl (C=O) groups is 2. The zero-order valence-corrected chi connectivity index (χ0v) is 17.3. The van der Waals surface area contributed by atoms with Crippen molar-refractivity contribution in [1.82, 2.24) is 0 Å². The van der Waals surface area contributed by atoms with Crippen molar-refractivity contribution < 1.29 is 28.9 Å². The van der Waals surface area contributed by atoms with Gasteiger partial charge in [-0.15, -0.1) is 0 Å². The monoisotopic (exact) mass is 438 g/mol. The molecule has 0 radical (unpaired) electrons. The number of hydrogen-bond donors (Lipinski definition) is 1. The minimum atomic E-state index is -1.92. The Hall–Kier alpha value is -2.12. The maximum absolute atomic E-state index is 12.5. The number of carbonyl (C=O) groups excluding carboxylic acids is 2. The molecule has 0 aliphatic carbocycles. The maximum atomic E-state index is 12.5. The van der Waals surface area contributed by atoms with Crippen LogP contribution in [0.4, 0.5) is 0 Å². The van der Waals surface area contributed by atoms with Gasteiger partial charge in [-0.25, -0.2) is 9.59 Å². The van der Waals surface area contributed by atoms with E-state index in [1.54, 1.807) is 48.5 Å². The summed E-state index contributed by atoms with van der Waals surface area (Å²) in [6.45, 7) is 3.48. The highest BCUT2D eigenvalue weighted by molar-refractivity contribution is 6.49. The minimum Gasteiger partial charge on any atom is -0.459 e. The van der Waals surface area contributed by atoms with Crippen molar-refractivity contribution >= 4 is 35.1 Å². The number of aryl methyl sites for hydroxylation is 2. The number of esters is 2. The predicted octanol–water partition coefficient (Wildman–Crippen LogP) is 3.58. The number of aliphatic hydroxyl groups is 1. The summed E-state index contributed by atoms with van der Waals surface area (Å²) in [5, 5.41) is 10.0. The molecule has 8 heteroatoms. The second kappa shape index (κ2) is 8.71. The van der Waals surface area contributed by atoms with Crippen molar-refractivity contribution in [2.75, 3.05) is 6.61 Å². The quantitative estimate of drug-likeness (QED) is 0.567. The molecule has 3 atom stereocenters. The first-order chi connectivity index (χ1) is 13.7. The molecule has 1 aliphatic heterocycles. The number of benzene rings is 2. The lowest BCUT2D eigenvalue weighted by Crippen LogP contribution is -2.42. The van der Waals surface area contributed by atoms with E-state index >= 15 is 0 Å². The van der Waals surface area contributed by atoms with Crippen LogP contribution in [0.5, 0.6) is 0 Å². The molecule has 2 aromatic rings. The Bertz CT molecular complexity index is 879. The average Bonchev–Trinajstić information content (AvgIpc) is 2.90. The van der Waals surface area contributed by atoms with E-state index in [2.05, 4.69) is 0 Å². The lowest BCUT2D eigenvalue weighted by atomic mass is 10.1. The van der Waals surface area contributed by atoms with Crippen LogP contribution in [-0.2, 0) is 14.2 Å². The minimum absolute atomic E-state index is 0.288. The van der Waals surface area contributed by atoms with Crippen LogP contribution in [0.25, 0.3) is 0 Å². The third-order valence-electron chi connectivity index (χ3n) is 4.54. The van der Waals surface area contributed by atoms with Gasteiger partial charge in [0.15, 0.2) is 12.4 Å². The average molecular weight is 439 g/mol. The molecule has 0 amide bonds. The summed E-state index contributed by atoms with van der Waals surface area (Å²) in [6, 6.07) is 13.5. The molecule has 1 N–H and O–H groups in total. The summed E-state index contributed by atoms with van der Waals surface area (Å²) >= 11 is 12.3. The van der Waals surface area contributed by atoms with Gasteiger partial charge in [-0.05, 0) is 38.1 Å². The lowest BCUT2D eigenvalue weighted by Gasteiger charge is -2.25. The molecule has 0 saturated carbocycles. The summed E-state index contributed by atoms with van der Waals surface area (Å²) in [4.78, 5) is 24.7. The van der Waals surface area contributed by atoms with Gasteiger partial charge < -0.3 is 19.3 Å². The number of hydrogen-bond acceptors (Lipinski definition) is 6. The summed E-state index contributed by atoms with van der Waals surface area (Å²) in [5.74, 6) is -1.28. The van der Waals surface area contributed by atoms with E-state index in [4.69, 9.17) is 37.4 Å². The number of alkyl halides is 2. The van der Waals surface area contributed by atoms with Crippen LogP contribution in [0.1, 0.15) is 31.8 Å². The topological polar surface area (TPSA) is 82.1 Å². The maximum Gasteiger partial charge on any atom is 0.338 e. The van der Waals surface area contributed by atoms with E-state index in [1.807, 2.05) is 13.8 Å². The fourth-order valence-corrected chi connectivity index (χ4v) is 3.27. The van der Waals surface area contributed by atoms with Crippen LogP contribution in [-0.4, -0.2) is 46.5 Å². The van der Waals surface area contributed by atoms with Crippen LogP contribution < -0.4 is 0 Å². The zero-order valence-electron chi connectivity index (χ0n) is 15.8. The van der Waals surface area contributed by atoms with Gasteiger partial charge >= 0.3 is 11.9 Å². The third-order valence-corrected chi connectivity index (χ3v) is 5.34. The summed E-state index contributed by atoms with van der Waals surface area (Å²) in [7, 11) is 0. The number of aliphatic hydroxyl groups excluding tert-OH is 1. The standard InChI is InChI=1S/C21H20Cl2O6/c1-12-3-7-14(8-4-12)18(24)27-11-16-17(21(22,23)20(26)28-16)29-19(25)15-9-5-13(2)6-10-15/h3-10,16-17,20,26H,11H2,1-2H3. The van der Waals surface area contributed by atoms with Crippen LogP contribution in [0.2, 0.25) is 0 Å². The van der Waals surface area contributed by atoms with Crippen molar-refractivity contribution in [2.45, 2.75) is 36.7 Å². The Morgan fingerprint density at radius 2 is 1.45 bits per heavy atom. The first-order valence-corrected chi connectivity index (χ1v) is 9.67. The smallest absolute Gasteiger partial charge is 0.338 e. The van der Waals surface area contributed by atoms with E-state index in [0.717, 1.165) is 11.1 Å². The zero-order chi connectivity index (χ0) is 21.2. The molecule has 0 bridgehead atoms. The van der Waals surface area contributed by atoms with E-state index in [0.29, 0.717) is 5.56 Å². The number of ether oxygens (including phenoxy) is 3. The molecule has 1 heterocycles. The second-order valence-electron chi connectivity index (χ2n) is 6.86. The van der Waals surface area contributed by atoms with Gasteiger partial charge in [-0.2, -0.15) is 0 Å². The highest BCUT2D eigenvalue weighted by Gasteiger charge is 2.57. The Morgan fingerprint density at radius 1 is 0.966 bits per heavy atom. The molecule has 3 rings (SSSR count). The number of halogens is 2. The summed E-state index contributed by atoms with van der Waals surface area (Å²) in [5.41, 5.74) is 2.62. The largest absolute Gasteiger partial charge is 0.459 e. The van der Waals surface area contributed by atoms with Crippen molar-refractivity contribution in [1.29, 1.82) is 0 Å². The molecule has 1 fully saturated rings. The summed E-state index contributed by atoms with van der Waals surface area (Å²) < 4.78 is 14.0. The van der Waals surface area contributed by atoms with Gasteiger partial charge in [0, 0.05) is 0 Å². The third kappa shape index (κ3) is 4.90. The van der Waals surface area contributed by atoms with Crippen LogP contribution in [0, 0.1) is 13.8 Å². The highest BCUT2D eigenvalue weighted by atomic mass is 35.5. The molecule has 0 spiro atoms. The summed E-state index contributed by atoms with van der Waals surface area (Å²) in [6.07, 6.45) is -3.91. The molecule has 154 valence electrons. The Balaban J connectivity index is 1.69. The molecule has 6 nitrogen and oxygen atoms in total. The van der Waals surface area contributed by atoms with Gasteiger partial charge in [0.2, 0.25) is 4.33 Å². The van der Waals surface area contributed by atoms with Crippen molar-refractivity contribution in [2.24, 2.45) is 0 Å². The van der Waals surface area contributed by atoms with Crippen molar-refractivity contribution in [3.8, 4) is 0 Å². The van der Waals surface area contributed by atoms with Gasteiger partial charge in [0.05, 0.1) is 11.1 Å². The molecule has 29 heavy (non-hydrogen) atoms. The molecule has 3 unspecified atom stereocenters. The van der Waals surface area contributed by atoms with Crippen molar-refractivity contribution in [3.05, 3.63) is 70.8 Å². The molecular formula is C21H20Cl2O6. The van der Waals surface area contributed by atoms with Gasteiger partial charge in [0.25, 0.3) is 0 Å². The van der Waals surface area contributed by atoms with Crippen LogP contribution >= 0.6 is 23.2 Å². The molecule has 0 aromatic heterocycles. The Morgan fingerprint density at radius 3 is 1.97 bits per heavy atom. The fraction of sp³-hybridized carbons (Fsp3) is 0.333. The second-order valence-corrected chi connectivity index (χ2v) is 8.30. The normalized spacial score (nSPS) is 22.9. The lowest BCUT2D eigenvalue weighted by molar-refractivity contribution is -0.111. The van der Waals surface area contributed by atoms with Crippen molar-refractivity contribution in [3.63, 3.8) is 0 Å². The van der Waals surface area contributed by atoms with E-state index in [1.165, 1.54) is 0 Å². The van der Waals surface area contributed by atoms with E-state index in [9.17, 15) is 14.7 Å². The SMILES string of the molecule is Cc1ccc(C(=O)OCC2OC(O)C(Cl)(Cl)C2OC(=O)c2ccc(C)cc2)cc1. The Kier molecular flexibility index (Phi) is 6.49. The van der Waals surface area contributed by atoms with Crippen LogP contribution in [0.3, 0.4) is 0 Å². The molecular weight excluding hydrogens is 419 g/mol. The molecule has 1 aliphatic rings. The first kappa shape index (κ1) is 21.6. The predicted molar refractivity (Wildman–Crippen MR) is 107 cm³/mol. The highest BCUT2D eigenvalue weighted by Crippen LogP contribution is 2.41. The van der Waals surface area contributed by atoms with Gasteiger partial charge in [0.1, 0.15) is 12.7 Å². The molecule has 1 saturated heterocycles. The number of rotatable bonds is 5. The fourth-order valence-electron chi connectivity index (χ4n) is 2.80. The Labute approximate surface area is 178 Å².